The number of likely N-dealkylation sites (tertiary alicyclic amines) is 1. The molecule has 3 atom stereocenters. The van der Waals surface area contributed by atoms with Crippen LogP contribution >= 0.6 is 0 Å². The molecular formula is C15H19N3. The van der Waals surface area contributed by atoms with Crippen LogP contribution in [0.25, 0.3) is 0 Å². The van der Waals surface area contributed by atoms with Gasteiger partial charge in [-0.25, -0.2) is 0 Å². The minimum absolute atomic E-state index is 0.301. The Morgan fingerprint density at radius 1 is 1.22 bits per heavy atom. The number of rotatable bonds is 2. The molecule has 18 heavy (non-hydrogen) atoms. The van der Waals surface area contributed by atoms with Crippen molar-refractivity contribution in [1.82, 2.24) is 9.88 Å². The predicted molar refractivity (Wildman–Crippen MR) is 69.9 cm³/mol. The van der Waals surface area contributed by atoms with Crippen molar-refractivity contribution in [1.29, 1.82) is 5.26 Å². The minimum atomic E-state index is 0.301. The molecule has 1 aromatic heterocycles. The summed E-state index contributed by atoms with van der Waals surface area (Å²) < 4.78 is 0. The molecule has 1 saturated heterocycles. The Bertz CT molecular complexity index is 437. The highest BCUT2D eigenvalue weighted by Crippen LogP contribution is 2.34. The SMILES string of the molecule is N#CC1CCC(N2CCC(c3ccncc3)C2)C1. The molecule has 0 amide bonds. The summed E-state index contributed by atoms with van der Waals surface area (Å²) in [5, 5.41) is 8.98. The summed E-state index contributed by atoms with van der Waals surface area (Å²) in [6.07, 6.45) is 8.41. The maximum atomic E-state index is 8.98. The Kier molecular flexibility index (Phi) is 3.29. The maximum Gasteiger partial charge on any atom is 0.0656 e. The summed E-state index contributed by atoms with van der Waals surface area (Å²) in [6, 6.07) is 7.36. The molecule has 1 aromatic rings. The van der Waals surface area contributed by atoms with Gasteiger partial charge in [-0.15, -0.1) is 0 Å². The quantitative estimate of drug-likeness (QED) is 0.799. The van der Waals surface area contributed by atoms with Crippen molar-refractivity contribution in [3.8, 4) is 6.07 Å². The topological polar surface area (TPSA) is 39.9 Å². The number of aromatic nitrogens is 1. The maximum absolute atomic E-state index is 8.98. The lowest BCUT2D eigenvalue weighted by Crippen LogP contribution is -2.31. The highest BCUT2D eigenvalue weighted by atomic mass is 15.2. The molecule has 0 bridgehead atoms. The molecule has 2 heterocycles. The fraction of sp³-hybridized carbons (Fsp3) is 0.600. The van der Waals surface area contributed by atoms with Crippen molar-refractivity contribution in [3.63, 3.8) is 0 Å². The first-order chi connectivity index (χ1) is 8.86. The van der Waals surface area contributed by atoms with Gasteiger partial charge in [0.05, 0.1) is 6.07 Å². The second kappa shape index (κ2) is 5.07. The molecule has 2 fully saturated rings. The molecule has 0 spiro atoms. The molecule has 1 saturated carbocycles. The Morgan fingerprint density at radius 2 is 2.06 bits per heavy atom. The number of nitrogens with zero attached hydrogens (tertiary/aromatic N) is 3. The van der Waals surface area contributed by atoms with Crippen molar-refractivity contribution in [2.45, 2.75) is 37.6 Å². The molecule has 3 heteroatoms. The van der Waals surface area contributed by atoms with Gasteiger partial charge in [0, 0.05) is 30.9 Å². The molecule has 3 rings (SSSR count). The van der Waals surface area contributed by atoms with E-state index in [-0.39, 0.29) is 0 Å². The fourth-order valence-electron chi connectivity index (χ4n) is 3.43. The van der Waals surface area contributed by atoms with Crippen molar-refractivity contribution < 1.29 is 0 Å². The molecule has 3 nitrogen and oxygen atoms in total. The fourth-order valence-corrected chi connectivity index (χ4v) is 3.43. The van der Waals surface area contributed by atoms with Gasteiger partial charge in [-0.3, -0.25) is 9.88 Å². The summed E-state index contributed by atoms with van der Waals surface area (Å²) in [5.74, 6) is 0.962. The van der Waals surface area contributed by atoms with E-state index in [2.05, 4.69) is 28.1 Å². The summed E-state index contributed by atoms with van der Waals surface area (Å²) >= 11 is 0. The van der Waals surface area contributed by atoms with E-state index in [4.69, 9.17) is 5.26 Å². The van der Waals surface area contributed by atoms with E-state index in [0.717, 1.165) is 19.4 Å². The van der Waals surface area contributed by atoms with Gasteiger partial charge in [-0.05, 0) is 55.8 Å². The minimum Gasteiger partial charge on any atom is -0.300 e. The molecule has 0 aromatic carbocycles. The second-order valence-electron chi connectivity index (χ2n) is 5.55. The lowest BCUT2D eigenvalue weighted by Gasteiger charge is -2.23. The standard InChI is InChI=1S/C15H19N3/c16-10-12-1-2-15(9-12)18-8-5-14(11-18)13-3-6-17-7-4-13/h3-4,6-7,12,14-15H,1-2,5,8-9,11H2. The second-order valence-corrected chi connectivity index (χ2v) is 5.55. The van der Waals surface area contributed by atoms with E-state index in [1.54, 1.807) is 0 Å². The van der Waals surface area contributed by atoms with Crippen LogP contribution in [0.4, 0.5) is 0 Å². The lowest BCUT2D eigenvalue weighted by molar-refractivity contribution is 0.241. The van der Waals surface area contributed by atoms with E-state index in [1.807, 2.05) is 12.4 Å². The van der Waals surface area contributed by atoms with E-state index in [9.17, 15) is 0 Å². The van der Waals surface area contributed by atoms with Crippen molar-refractivity contribution >= 4 is 0 Å². The van der Waals surface area contributed by atoms with Crippen molar-refractivity contribution in [2.75, 3.05) is 13.1 Å². The number of hydrogen-bond acceptors (Lipinski definition) is 3. The lowest BCUT2D eigenvalue weighted by atomic mass is 10.00. The van der Waals surface area contributed by atoms with E-state index in [1.165, 1.54) is 24.9 Å². The van der Waals surface area contributed by atoms with Crippen LogP contribution in [0.1, 0.15) is 37.2 Å². The van der Waals surface area contributed by atoms with Gasteiger partial charge >= 0.3 is 0 Å². The first-order valence-electron chi connectivity index (χ1n) is 6.90. The van der Waals surface area contributed by atoms with Gasteiger partial charge in [0.2, 0.25) is 0 Å². The third kappa shape index (κ3) is 2.26. The van der Waals surface area contributed by atoms with Crippen LogP contribution in [0.15, 0.2) is 24.5 Å². The van der Waals surface area contributed by atoms with Crippen LogP contribution in [0.5, 0.6) is 0 Å². The average molecular weight is 241 g/mol. The van der Waals surface area contributed by atoms with Gasteiger partial charge in [-0.2, -0.15) is 5.26 Å². The van der Waals surface area contributed by atoms with Crippen molar-refractivity contribution in [2.24, 2.45) is 5.92 Å². The monoisotopic (exact) mass is 241 g/mol. The van der Waals surface area contributed by atoms with E-state index >= 15 is 0 Å². The summed E-state index contributed by atoms with van der Waals surface area (Å²) in [6.45, 7) is 2.35. The molecule has 1 aliphatic heterocycles. The molecule has 0 N–H and O–H groups in total. The molecule has 2 aliphatic rings. The summed E-state index contributed by atoms with van der Waals surface area (Å²) in [7, 11) is 0. The Labute approximate surface area is 108 Å². The zero-order valence-corrected chi connectivity index (χ0v) is 10.6. The number of pyridine rings is 1. The van der Waals surface area contributed by atoms with Crippen LogP contribution < -0.4 is 0 Å². The smallest absolute Gasteiger partial charge is 0.0656 e. The summed E-state index contributed by atoms with van der Waals surface area (Å²) in [4.78, 5) is 6.68. The Morgan fingerprint density at radius 3 is 2.78 bits per heavy atom. The van der Waals surface area contributed by atoms with E-state index in [0.29, 0.717) is 17.9 Å². The predicted octanol–water partition coefficient (Wildman–Crippen LogP) is 2.56. The third-order valence-electron chi connectivity index (χ3n) is 4.50. The highest BCUT2D eigenvalue weighted by Gasteiger charge is 2.33. The first kappa shape index (κ1) is 11.7. The van der Waals surface area contributed by atoms with Gasteiger partial charge < -0.3 is 0 Å². The zero-order chi connectivity index (χ0) is 12.4. The number of hydrogen-bond donors (Lipinski definition) is 0. The summed E-state index contributed by atoms with van der Waals surface area (Å²) in [5.41, 5.74) is 1.42. The normalized spacial score (nSPS) is 32.5. The molecule has 0 radical (unpaired) electrons. The Balaban J connectivity index is 1.61. The van der Waals surface area contributed by atoms with Crippen LogP contribution in [0.2, 0.25) is 0 Å². The average Bonchev–Trinajstić information content (AvgIpc) is 3.08. The highest BCUT2D eigenvalue weighted by molar-refractivity contribution is 5.18. The van der Waals surface area contributed by atoms with Gasteiger partial charge in [0.1, 0.15) is 0 Å². The molecule has 1 aliphatic carbocycles. The van der Waals surface area contributed by atoms with Gasteiger partial charge in [0.15, 0.2) is 0 Å². The van der Waals surface area contributed by atoms with Crippen molar-refractivity contribution in [3.05, 3.63) is 30.1 Å². The van der Waals surface area contributed by atoms with Crippen LogP contribution in [-0.2, 0) is 0 Å². The van der Waals surface area contributed by atoms with Crippen LogP contribution in [0.3, 0.4) is 0 Å². The molecular weight excluding hydrogens is 222 g/mol. The molecule has 3 unspecified atom stereocenters. The Hall–Kier alpha value is -1.40. The van der Waals surface area contributed by atoms with Crippen LogP contribution in [0, 0.1) is 17.2 Å². The largest absolute Gasteiger partial charge is 0.300 e. The zero-order valence-electron chi connectivity index (χ0n) is 10.6. The molecule has 94 valence electrons. The first-order valence-corrected chi connectivity index (χ1v) is 6.90. The third-order valence-corrected chi connectivity index (χ3v) is 4.50. The van der Waals surface area contributed by atoms with Gasteiger partial charge in [-0.1, -0.05) is 0 Å². The van der Waals surface area contributed by atoms with E-state index < -0.39 is 0 Å². The van der Waals surface area contributed by atoms with Crippen LogP contribution in [-0.4, -0.2) is 29.0 Å². The number of nitriles is 1. The van der Waals surface area contributed by atoms with Gasteiger partial charge in [0.25, 0.3) is 0 Å².